The molecule has 2 heteroatoms. The molecule has 2 aliphatic rings. The van der Waals surface area contributed by atoms with Crippen molar-refractivity contribution >= 4 is 0 Å². The van der Waals surface area contributed by atoms with E-state index >= 15 is 0 Å². The number of aliphatic hydroxyl groups is 2. The second kappa shape index (κ2) is 1.70. The molecule has 52 valence electrons. The SMILES string of the molecule is O[C@@H]1C2CCC(C2)[C@H]1O. The molecule has 9 heavy (non-hydrogen) atoms. The van der Waals surface area contributed by atoms with Gasteiger partial charge in [-0.1, -0.05) is 0 Å². The molecule has 2 aliphatic carbocycles. The van der Waals surface area contributed by atoms with Gasteiger partial charge in [0.25, 0.3) is 0 Å². The lowest BCUT2D eigenvalue weighted by Crippen LogP contribution is -2.31. The Labute approximate surface area is 54.5 Å². The zero-order valence-corrected chi connectivity index (χ0v) is 5.33. The van der Waals surface area contributed by atoms with Crippen LogP contribution >= 0.6 is 0 Å². The fourth-order valence-corrected chi connectivity index (χ4v) is 2.23. The van der Waals surface area contributed by atoms with E-state index < -0.39 is 12.2 Å². The van der Waals surface area contributed by atoms with Crippen LogP contribution in [-0.4, -0.2) is 22.4 Å². The van der Waals surface area contributed by atoms with Crippen molar-refractivity contribution in [2.45, 2.75) is 31.5 Å². The monoisotopic (exact) mass is 128 g/mol. The van der Waals surface area contributed by atoms with Gasteiger partial charge in [-0.15, -0.1) is 0 Å². The van der Waals surface area contributed by atoms with Crippen molar-refractivity contribution in [1.29, 1.82) is 0 Å². The van der Waals surface area contributed by atoms with Gasteiger partial charge in [0.2, 0.25) is 0 Å². The first kappa shape index (κ1) is 5.69. The molecule has 0 aromatic heterocycles. The molecule has 0 amide bonds. The third-order valence-electron chi connectivity index (χ3n) is 2.83. The molecule has 2 fully saturated rings. The fraction of sp³-hybridized carbons (Fsp3) is 1.00. The molecular weight excluding hydrogens is 116 g/mol. The van der Waals surface area contributed by atoms with E-state index in [-0.39, 0.29) is 0 Å². The van der Waals surface area contributed by atoms with E-state index in [4.69, 9.17) is 0 Å². The highest BCUT2D eigenvalue weighted by Gasteiger charge is 2.45. The number of fused-ring (bicyclic) bond motifs is 2. The zero-order chi connectivity index (χ0) is 6.43. The number of hydrogen-bond donors (Lipinski definition) is 2. The molecule has 0 spiro atoms. The Balaban J connectivity index is 2.15. The average Bonchev–Trinajstić information content (AvgIpc) is 2.37. The van der Waals surface area contributed by atoms with E-state index in [0.29, 0.717) is 11.8 Å². The van der Waals surface area contributed by atoms with E-state index in [2.05, 4.69) is 0 Å². The van der Waals surface area contributed by atoms with Gasteiger partial charge in [0.1, 0.15) is 0 Å². The minimum absolute atomic E-state index is 0.399. The van der Waals surface area contributed by atoms with Gasteiger partial charge in [-0.2, -0.15) is 0 Å². The molecule has 2 bridgehead atoms. The Kier molecular flexibility index (Phi) is 1.08. The smallest absolute Gasteiger partial charge is 0.0830 e. The minimum Gasteiger partial charge on any atom is -0.390 e. The molecule has 0 radical (unpaired) electrons. The van der Waals surface area contributed by atoms with Crippen LogP contribution < -0.4 is 0 Å². The molecule has 0 aromatic carbocycles. The predicted molar refractivity (Wildman–Crippen MR) is 32.8 cm³/mol. The van der Waals surface area contributed by atoms with E-state index in [1.165, 1.54) is 0 Å². The highest BCUT2D eigenvalue weighted by atomic mass is 16.3. The second-order valence-corrected chi connectivity index (χ2v) is 3.31. The molecule has 0 saturated heterocycles. The summed E-state index contributed by atoms with van der Waals surface area (Å²) < 4.78 is 0. The third kappa shape index (κ3) is 0.634. The summed E-state index contributed by atoms with van der Waals surface area (Å²) in [4.78, 5) is 0. The highest BCUT2D eigenvalue weighted by Crippen LogP contribution is 2.44. The van der Waals surface area contributed by atoms with E-state index in [0.717, 1.165) is 19.3 Å². The summed E-state index contributed by atoms with van der Waals surface area (Å²) in [7, 11) is 0. The molecule has 4 atom stereocenters. The van der Waals surface area contributed by atoms with E-state index in [1.807, 2.05) is 0 Å². The molecule has 2 saturated carbocycles. The van der Waals surface area contributed by atoms with Crippen LogP contribution in [0.4, 0.5) is 0 Å². The summed E-state index contributed by atoms with van der Waals surface area (Å²) in [6.45, 7) is 0. The lowest BCUT2D eigenvalue weighted by atomic mass is 9.95. The minimum atomic E-state index is -0.399. The van der Waals surface area contributed by atoms with Crippen LogP contribution in [-0.2, 0) is 0 Å². The first-order valence-electron chi connectivity index (χ1n) is 3.65. The van der Waals surface area contributed by atoms with Gasteiger partial charge in [-0.3, -0.25) is 0 Å². The van der Waals surface area contributed by atoms with Crippen LogP contribution in [0, 0.1) is 11.8 Å². The summed E-state index contributed by atoms with van der Waals surface area (Å²) in [6, 6.07) is 0. The lowest BCUT2D eigenvalue weighted by molar-refractivity contribution is -0.0160. The van der Waals surface area contributed by atoms with Crippen LogP contribution in [0.5, 0.6) is 0 Å². The van der Waals surface area contributed by atoms with Gasteiger partial charge in [0, 0.05) is 0 Å². The quantitative estimate of drug-likeness (QED) is 0.487. The van der Waals surface area contributed by atoms with Crippen molar-refractivity contribution in [3.05, 3.63) is 0 Å². The van der Waals surface area contributed by atoms with Crippen LogP contribution in [0.2, 0.25) is 0 Å². The van der Waals surface area contributed by atoms with Gasteiger partial charge in [0.05, 0.1) is 12.2 Å². The highest BCUT2D eigenvalue weighted by molar-refractivity contribution is 4.96. The summed E-state index contributed by atoms with van der Waals surface area (Å²) in [5.74, 6) is 0.843. The Morgan fingerprint density at radius 2 is 1.33 bits per heavy atom. The summed E-state index contributed by atoms with van der Waals surface area (Å²) in [6.07, 6.45) is 2.51. The molecule has 0 aromatic rings. The van der Waals surface area contributed by atoms with Crippen molar-refractivity contribution in [1.82, 2.24) is 0 Å². The molecule has 2 unspecified atom stereocenters. The third-order valence-corrected chi connectivity index (χ3v) is 2.83. The first-order chi connectivity index (χ1) is 4.29. The van der Waals surface area contributed by atoms with E-state index in [1.54, 1.807) is 0 Å². The topological polar surface area (TPSA) is 40.5 Å². The standard InChI is InChI=1S/C7H12O2/c8-6-4-1-2-5(3-4)7(6)9/h4-9H,1-3H2/t4?,5?,6-,7-/m1/s1. The van der Waals surface area contributed by atoms with E-state index in [9.17, 15) is 10.2 Å². The van der Waals surface area contributed by atoms with Crippen LogP contribution in [0.3, 0.4) is 0 Å². The van der Waals surface area contributed by atoms with Crippen molar-refractivity contribution < 1.29 is 10.2 Å². The molecular formula is C7H12O2. The Bertz CT molecular complexity index is 106. The molecule has 0 aliphatic heterocycles. The maximum Gasteiger partial charge on any atom is 0.0830 e. The van der Waals surface area contributed by atoms with Crippen molar-refractivity contribution in [2.75, 3.05) is 0 Å². The van der Waals surface area contributed by atoms with Crippen molar-refractivity contribution in [3.63, 3.8) is 0 Å². The summed E-state index contributed by atoms with van der Waals surface area (Å²) in [5, 5.41) is 18.5. The first-order valence-corrected chi connectivity index (χ1v) is 3.65. The second-order valence-electron chi connectivity index (χ2n) is 3.31. The normalized spacial score (nSPS) is 56.7. The zero-order valence-electron chi connectivity index (χ0n) is 5.33. The molecule has 2 nitrogen and oxygen atoms in total. The average molecular weight is 128 g/mol. The Morgan fingerprint density at radius 3 is 1.56 bits per heavy atom. The predicted octanol–water partition coefficient (Wildman–Crippen LogP) is 0.138. The summed E-state index contributed by atoms with van der Waals surface area (Å²) in [5.41, 5.74) is 0. The number of aliphatic hydroxyl groups excluding tert-OH is 2. The van der Waals surface area contributed by atoms with Gasteiger partial charge >= 0.3 is 0 Å². The van der Waals surface area contributed by atoms with Gasteiger partial charge in [-0.25, -0.2) is 0 Å². The van der Waals surface area contributed by atoms with Gasteiger partial charge < -0.3 is 10.2 Å². The van der Waals surface area contributed by atoms with Crippen LogP contribution in [0.25, 0.3) is 0 Å². The number of rotatable bonds is 0. The number of hydrogen-bond acceptors (Lipinski definition) is 2. The van der Waals surface area contributed by atoms with Gasteiger partial charge in [-0.05, 0) is 31.1 Å². The van der Waals surface area contributed by atoms with Crippen LogP contribution in [0.1, 0.15) is 19.3 Å². The fourth-order valence-electron chi connectivity index (χ4n) is 2.23. The Hall–Kier alpha value is -0.0800. The molecule has 0 heterocycles. The largest absolute Gasteiger partial charge is 0.390 e. The maximum absolute atomic E-state index is 9.24. The molecule has 2 rings (SSSR count). The van der Waals surface area contributed by atoms with Crippen LogP contribution in [0.15, 0.2) is 0 Å². The maximum atomic E-state index is 9.24. The lowest BCUT2D eigenvalue weighted by Gasteiger charge is -2.21. The van der Waals surface area contributed by atoms with Crippen molar-refractivity contribution in [3.8, 4) is 0 Å². The van der Waals surface area contributed by atoms with Crippen molar-refractivity contribution in [2.24, 2.45) is 11.8 Å². The molecule has 2 N–H and O–H groups in total. The Morgan fingerprint density at radius 1 is 0.889 bits per heavy atom. The van der Waals surface area contributed by atoms with Gasteiger partial charge in [0.15, 0.2) is 0 Å². The summed E-state index contributed by atoms with van der Waals surface area (Å²) >= 11 is 0.